The summed E-state index contributed by atoms with van der Waals surface area (Å²) in [5.74, 6) is -3.42. The number of carbonyl (C=O) groups is 4. The van der Waals surface area contributed by atoms with Crippen molar-refractivity contribution >= 4 is 29.3 Å². The number of halogens is 6. The second-order valence-corrected chi connectivity index (χ2v) is 10.8. The van der Waals surface area contributed by atoms with Gasteiger partial charge >= 0.3 is 12.4 Å². The van der Waals surface area contributed by atoms with Gasteiger partial charge in [0.05, 0.1) is 27.9 Å². The van der Waals surface area contributed by atoms with Crippen LogP contribution in [0.3, 0.4) is 0 Å². The predicted molar refractivity (Wildman–Crippen MR) is 151 cm³/mol. The topological polar surface area (TPSA) is 84.0 Å². The maximum absolute atomic E-state index is 14.9. The summed E-state index contributed by atoms with van der Waals surface area (Å²) >= 11 is 0. The fraction of sp³-hybridized carbons (Fsp3) is 0.152. The third kappa shape index (κ3) is 4.44. The molecule has 7 nitrogen and oxygen atoms in total. The molecule has 2 aliphatic rings. The first-order chi connectivity index (χ1) is 21.6. The average molecular weight is 639 g/mol. The maximum Gasteiger partial charge on any atom is 0.411 e. The lowest BCUT2D eigenvalue weighted by molar-refractivity contribution is -0.288. The van der Waals surface area contributed by atoms with Gasteiger partial charge in [-0.1, -0.05) is 35.9 Å². The molecule has 6 rings (SSSR count). The second-order valence-electron chi connectivity index (χ2n) is 10.8. The highest BCUT2D eigenvalue weighted by Gasteiger charge is 2.73. The van der Waals surface area contributed by atoms with E-state index in [4.69, 9.17) is 4.74 Å². The van der Waals surface area contributed by atoms with Gasteiger partial charge in [-0.3, -0.25) is 24.1 Å². The van der Waals surface area contributed by atoms with Gasteiger partial charge in [0.2, 0.25) is 5.41 Å². The number of alkyl halides is 6. The van der Waals surface area contributed by atoms with E-state index in [1.807, 2.05) is 6.92 Å². The van der Waals surface area contributed by atoms with Gasteiger partial charge in [0.25, 0.3) is 23.6 Å². The number of imide groups is 2. The van der Waals surface area contributed by atoms with Crippen LogP contribution in [-0.2, 0) is 5.41 Å². The molecular formula is C33H20F6N2O5. The molecule has 234 valence electrons. The normalized spacial score (nSPS) is 15.0. The van der Waals surface area contributed by atoms with Crippen molar-refractivity contribution in [3.63, 3.8) is 0 Å². The van der Waals surface area contributed by atoms with E-state index in [0.717, 1.165) is 24.7 Å². The smallest absolute Gasteiger partial charge is 0.411 e. The molecular weight excluding hydrogens is 618 g/mol. The minimum absolute atomic E-state index is 0.0267. The number of hydrogen-bond donors (Lipinski definition) is 0. The Labute approximate surface area is 256 Å². The van der Waals surface area contributed by atoms with E-state index in [2.05, 4.69) is 0 Å². The number of fused-ring (bicyclic) bond motifs is 2. The molecule has 4 amide bonds. The van der Waals surface area contributed by atoms with Crippen molar-refractivity contribution in [2.75, 3.05) is 11.9 Å². The van der Waals surface area contributed by atoms with Gasteiger partial charge in [0, 0.05) is 13.1 Å². The first-order valence-corrected chi connectivity index (χ1v) is 13.5. The first kappa shape index (κ1) is 30.6. The van der Waals surface area contributed by atoms with E-state index in [1.165, 1.54) is 24.3 Å². The number of ether oxygens (including phenoxy) is 1. The molecule has 46 heavy (non-hydrogen) atoms. The van der Waals surface area contributed by atoms with Crippen molar-refractivity contribution < 1.29 is 50.3 Å². The summed E-state index contributed by atoms with van der Waals surface area (Å²) in [6.07, 6.45) is -12.1. The molecule has 2 heterocycles. The third-order valence-corrected chi connectivity index (χ3v) is 8.03. The van der Waals surface area contributed by atoms with Crippen molar-refractivity contribution in [2.45, 2.75) is 24.7 Å². The van der Waals surface area contributed by atoms with Crippen LogP contribution < -0.4 is 9.64 Å². The number of anilines is 1. The van der Waals surface area contributed by atoms with Gasteiger partial charge in [-0.25, -0.2) is 4.90 Å². The molecule has 0 atom stereocenters. The minimum atomic E-state index is -6.06. The van der Waals surface area contributed by atoms with Crippen LogP contribution in [0.25, 0.3) is 0 Å². The van der Waals surface area contributed by atoms with E-state index in [1.54, 1.807) is 24.3 Å². The largest absolute Gasteiger partial charge is 0.457 e. The molecule has 0 N–H and O–H groups in total. The molecule has 4 aromatic rings. The van der Waals surface area contributed by atoms with Gasteiger partial charge in [0.1, 0.15) is 11.5 Å². The highest BCUT2D eigenvalue weighted by Crippen LogP contribution is 2.57. The van der Waals surface area contributed by atoms with Crippen LogP contribution in [0, 0.1) is 6.92 Å². The molecule has 0 bridgehead atoms. The predicted octanol–water partition coefficient (Wildman–Crippen LogP) is 7.22. The Morgan fingerprint density at radius 1 is 0.565 bits per heavy atom. The van der Waals surface area contributed by atoms with Crippen LogP contribution in [0.15, 0.2) is 84.9 Å². The van der Waals surface area contributed by atoms with E-state index >= 15 is 0 Å². The lowest BCUT2D eigenvalue weighted by atomic mass is 9.71. The molecule has 0 aromatic heterocycles. The molecule has 0 unspecified atom stereocenters. The number of carbonyl (C=O) groups excluding carboxylic acids is 4. The maximum atomic E-state index is 14.9. The summed E-state index contributed by atoms with van der Waals surface area (Å²) in [4.78, 5) is 52.8. The number of rotatable bonds is 5. The molecule has 0 aliphatic carbocycles. The third-order valence-electron chi connectivity index (χ3n) is 8.03. The molecule has 0 radical (unpaired) electrons. The standard InChI is InChI=1S/C33H20F6N2O5/c1-17-6-10-21(11-7-17)46-22-5-3-4-20(16-22)41-29(44)24-13-9-19(15-26(24)30(41)45)31(32(34,35)36,33(37,38)39)18-8-12-23-25(14-18)28(43)40(2)27(23)42/h3-16H,1-2H3. The van der Waals surface area contributed by atoms with Crippen LogP contribution >= 0.6 is 0 Å². The molecule has 0 spiro atoms. The van der Waals surface area contributed by atoms with Crippen LogP contribution in [-0.4, -0.2) is 47.9 Å². The quantitative estimate of drug-likeness (QED) is 0.170. The fourth-order valence-electron chi connectivity index (χ4n) is 5.71. The summed E-state index contributed by atoms with van der Waals surface area (Å²) < 4.78 is 95.2. The zero-order valence-electron chi connectivity index (χ0n) is 23.8. The van der Waals surface area contributed by atoms with Crippen molar-refractivity contribution in [3.8, 4) is 11.5 Å². The zero-order chi connectivity index (χ0) is 33.3. The van der Waals surface area contributed by atoms with Gasteiger partial charge in [-0.05, 0) is 66.6 Å². The molecule has 4 aromatic carbocycles. The lowest BCUT2D eigenvalue weighted by Crippen LogP contribution is -2.55. The fourth-order valence-corrected chi connectivity index (χ4v) is 5.71. The Balaban J connectivity index is 1.45. The lowest BCUT2D eigenvalue weighted by Gasteiger charge is -2.38. The van der Waals surface area contributed by atoms with Gasteiger partial charge in [0.15, 0.2) is 0 Å². The van der Waals surface area contributed by atoms with E-state index in [-0.39, 0.29) is 17.0 Å². The zero-order valence-corrected chi connectivity index (χ0v) is 23.8. The number of nitrogens with zero attached hydrogens (tertiary/aromatic N) is 2. The van der Waals surface area contributed by atoms with E-state index in [0.29, 0.717) is 39.8 Å². The molecule has 0 saturated heterocycles. The van der Waals surface area contributed by atoms with Gasteiger partial charge < -0.3 is 4.74 Å². The highest BCUT2D eigenvalue weighted by molar-refractivity contribution is 6.34. The first-order valence-electron chi connectivity index (χ1n) is 13.5. The summed E-state index contributed by atoms with van der Waals surface area (Å²) in [5.41, 5.74) is -8.67. The molecule has 13 heteroatoms. The SMILES string of the molecule is Cc1ccc(Oc2cccc(N3C(=O)c4ccc(C(c5ccc6c(c5)C(=O)N(C)C6=O)(C(F)(F)F)C(F)(F)F)cc4C3=O)c2)cc1. The summed E-state index contributed by atoms with van der Waals surface area (Å²) in [7, 11) is 1.05. The number of hydrogen-bond acceptors (Lipinski definition) is 5. The summed E-state index contributed by atoms with van der Waals surface area (Å²) in [5, 5.41) is 0. The summed E-state index contributed by atoms with van der Waals surface area (Å²) in [6, 6.07) is 15.9. The Morgan fingerprint density at radius 3 is 1.63 bits per heavy atom. The molecule has 0 saturated carbocycles. The van der Waals surface area contributed by atoms with Crippen LogP contribution in [0.4, 0.5) is 32.0 Å². The Kier molecular flexibility index (Phi) is 6.84. The van der Waals surface area contributed by atoms with Crippen LogP contribution in [0.2, 0.25) is 0 Å². The van der Waals surface area contributed by atoms with Crippen molar-refractivity contribution in [1.29, 1.82) is 0 Å². The summed E-state index contributed by atoms with van der Waals surface area (Å²) in [6.45, 7) is 1.87. The van der Waals surface area contributed by atoms with Crippen LogP contribution in [0.5, 0.6) is 11.5 Å². The Morgan fingerprint density at radius 2 is 1.07 bits per heavy atom. The average Bonchev–Trinajstić information content (AvgIpc) is 3.36. The van der Waals surface area contributed by atoms with E-state index < -0.39 is 69.2 Å². The minimum Gasteiger partial charge on any atom is -0.457 e. The van der Waals surface area contributed by atoms with Crippen molar-refractivity contribution in [1.82, 2.24) is 4.90 Å². The monoisotopic (exact) mass is 638 g/mol. The second kappa shape index (κ2) is 10.3. The highest BCUT2D eigenvalue weighted by atomic mass is 19.4. The van der Waals surface area contributed by atoms with Gasteiger partial charge in [-0.15, -0.1) is 0 Å². The number of amides is 4. The Hall–Kier alpha value is -5.46. The number of benzene rings is 4. The van der Waals surface area contributed by atoms with Crippen molar-refractivity contribution in [3.05, 3.63) is 124 Å². The van der Waals surface area contributed by atoms with Crippen LogP contribution in [0.1, 0.15) is 58.1 Å². The van der Waals surface area contributed by atoms with E-state index in [9.17, 15) is 45.5 Å². The van der Waals surface area contributed by atoms with Gasteiger partial charge in [-0.2, -0.15) is 26.3 Å². The van der Waals surface area contributed by atoms with Crippen molar-refractivity contribution in [2.24, 2.45) is 0 Å². The Bertz CT molecular complexity index is 1950. The number of aryl methyl sites for hydroxylation is 1. The molecule has 2 aliphatic heterocycles. The molecule has 0 fully saturated rings.